The Kier molecular flexibility index (Phi) is 4.31. The van der Waals surface area contributed by atoms with Gasteiger partial charge in [0, 0.05) is 11.6 Å². The highest BCUT2D eigenvalue weighted by Crippen LogP contribution is 2.34. The smallest absolute Gasteiger partial charge is 0.360 e. The van der Waals surface area contributed by atoms with Crippen molar-refractivity contribution in [3.05, 3.63) is 70.9 Å². The number of rotatable bonds is 3. The van der Waals surface area contributed by atoms with Gasteiger partial charge in [0.25, 0.3) is 0 Å². The zero-order chi connectivity index (χ0) is 17.3. The van der Waals surface area contributed by atoms with Gasteiger partial charge in [-0.1, -0.05) is 41.9 Å². The van der Waals surface area contributed by atoms with Gasteiger partial charge in [0.2, 0.25) is 0 Å². The van der Waals surface area contributed by atoms with Gasteiger partial charge < -0.3 is 4.74 Å². The first kappa shape index (κ1) is 16.1. The number of methoxy groups -OCH3 is 1. The Morgan fingerprint density at radius 1 is 1.17 bits per heavy atom. The van der Waals surface area contributed by atoms with Crippen LogP contribution in [0.5, 0.6) is 0 Å². The number of aromatic nitrogens is 2. The lowest BCUT2D eigenvalue weighted by Gasteiger charge is -2.09. The molecule has 3 aromatic rings. The second kappa shape index (κ2) is 6.41. The van der Waals surface area contributed by atoms with Gasteiger partial charge >= 0.3 is 5.97 Å². The van der Waals surface area contributed by atoms with Crippen LogP contribution in [0.25, 0.3) is 16.9 Å². The van der Waals surface area contributed by atoms with E-state index in [2.05, 4.69) is 9.84 Å². The zero-order valence-corrected chi connectivity index (χ0v) is 13.2. The molecule has 24 heavy (non-hydrogen) atoms. The number of benzene rings is 2. The summed E-state index contributed by atoms with van der Waals surface area (Å²) in [4.78, 5) is 11.9. The number of esters is 1. The Morgan fingerprint density at radius 3 is 2.54 bits per heavy atom. The second-order valence-electron chi connectivity index (χ2n) is 4.88. The third-order valence-electron chi connectivity index (χ3n) is 3.39. The van der Waals surface area contributed by atoms with Crippen molar-refractivity contribution in [1.29, 1.82) is 0 Å². The molecule has 0 atom stereocenters. The third kappa shape index (κ3) is 2.76. The van der Waals surface area contributed by atoms with Gasteiger partial charge in [-0.2, -0.15) is 5.10 Å². The minimum absolute atomic E-state index is 0.00305. The predicted octanol–water partition coefficient (Wildman–Crippen LogP) is 4.26. The van der Waals surface area contributed by atoms with E-state index in [4.69, 9.17) is 11.6 Å². The number of ether oxygens (including phenoxy) is 1. The lowest BCUT2D eigenvalue weighted by molar-refractivity contribution is 0.0593. The van der Waals surface area contributed by atoms with Crippen LogP contribution in [-0.4, -0.2) is 22.9 Å². The Morgan fingerprint density at radius 2 is 1.88 bits per heavy atom. The van der Waals surface area contributed by atoms with E-state index < -0.39 is 17.6 Å². The van der Waals surface area contributed by atoms with E-state index >= 15 is 0 Å². The number of hydrogen-bond donors (Lipinski definition) is 0. The van der Waals surface area contributed by atoms with Crippen molar-refractivity contribution in [2.75, 3.05) is 7.11 Å². The Labute approximate surface area is 141 Å². The molecule has 4 nitrogen and oxygen atoms in total. The summed E-state index contributed by atoms with van der Waals surface area (Å²) in [5.41, 5.74) is 0.517. The van der Waals surface area contributed by atoms with E-state index in [0.717, 1.165) is 22.9 Å². The largest absolute Gasteiger partial charge is 0.464 e. The summed E-state index contributed by atoms with van der Waals surface area (Å²) in [5, 5.41) is 4.03. The van der Waals surface area contributed by atoms with Gasteiger partial charge in [-0.05, 0) is 12.1 Å². The predicted molar refractivity (Wildman–Crippen MR) is 85.3 cm³/mol. The molecule has 1 aromatic heterocycles. The van der Waals surface area contributed by atoms with Gasteiger partial charge in [0.05, 0.1) is 12.8 Å². The fourth-order valence-electron chi connectivity index (χ4n) is 2.29. The van der Waals surface area contributed by atoms with Crippen molar-refractivity contribution in [1.82, 2.24) is 9.78 Å². The number of halogens is 3. The van der Waals surface area contributed by atoms with E-state index in [1.165, 1.54) is 7.11 Å². The number of hydrogen-bond acceptors (Lipinski definition) is 3. The van der Waals surface area contributed by atoms with Crippen molar-refractivity contribution in [3.63, 3.8) is 0 Å². The molecule has 1 heterocycles. The molecule has 2 aromatic carbocycles. The minimum Gasteiger partial charge on any atom is -0.464 e. The van der Waals surface area contributed by atoms with Gasteiger partial charge in [0.15, 0.2) is 5.69 Å². The van der Waals surface area contributed by atoms with Crippen LogP contribution >= 0.6 is 11.6 Å². The molecule has 0 saturated carbocycles. The van der Waals surface area contributed by atoms with Crippen LogP contribution in [0, 0.1) is 11.6 Å². The Bertz CT molecular complexity index is 910. The maximum Gasteiger partial charge on any atom is 0.360 e. The minimum atomic E-state index is -0.771. The molecule has 0 unspecified atom stereocenters. The number of carbonyl (C=O) groups excluding carboxylic acids is 1. The highest BCUT2D eigenvalue weighted by atomic mass is 35.5. The Hall–Kier alpha value is -2.73. The van der Waals surface area contributed by atoms with E-state index in [0.29, 0.717) is 5.56 Å². The van der Waals surface area contributed by atoms with Crippen LogP contribution < -0.4 is 0 Å². The molecule has 7 heteroatoms. The standard InChI is InChI=1S/C17H11ClF2N2O2/c1-24-17(23)15-14(18)16(10-5-3-2-4-6-10)22(21-15)13-9-11(19)7-8-12(13)20/h2-9H,1H3. The Balaban J connectivity index is 2.32. The van der Waals surface area contributed by atoms with E-state index in [1.54, 1.807) is 30.3 Å². The molecule has 0 amide bonds. The molecule has 0 fully saturated rings. The average molecular weight is 349 g/mol. The number of carbonyl (C=O) groups is 1. The van der Waals surface area contributed by atoms with E-state index in [-0.39, 0.29) is 22.1 Å². The van der Waals surface area contributed by atoms with E-state index in [9.17, 15) is 13.6 Å². The van der Waals surface area contributed by atoms with E-state index in [1.807, 2.05) is 0 Å². The average Bonchev–Trinajstić information content (AvgIpc) is 2.94. The second-order valence-corrected chi connectivity index (χ2v) is 5.25. The molecule has 0 aliphatic carbocycles. The summed E-state index contributed by atoms with van der Waals surface area (Å²) in [6.45, 7) is 0. The van der Waals surface area contributed by atoms with Crippen LogP contribution in [0.2, 0.25) is 5.02 Å². The van der Waals surface area contributed by atoms with Crippen LogP contribution in [0.1, 0.15) is 10.5 Å². The summed E-state index contributed by atoms with van der Waals surface area (Å²) >= 11 is 6.28. The van der Waals surface area contributed by atoms with Crippen molar-refractivity contribution in [3.8, 4) is 16.9 Å². The van der Waals surface area contributed by atoms with Crippen LogP contribution in [0.15, 0.2) is 48.5 Å². The molecule has 0 spiro atoms. The molecule has 0 radical (unpaired) electrons. The molecule has 3 rings (SSSR count). The topological polar surface area (TPSA) is 44.1 Å². The van der Waals surface area contributed by atoms with Crippen molar-refractivity contribution in [2.45, 2.75) is 0 Å². The van der Waals surface area contributed by atoms with Gasteiger partial charge in [-0.25, -0.2) is 18.3 Å². The lowest BCUT2D eigenvalue weighted by atomic mass is 10.1. The monoisotopic (exact) mass is 348 g/mol. The summed E-state index contributed by atoms with van der Waals surface area (Å²) in [6.07, 6.45) is 0. The summed E-state index contributed by atoms with van der Waals surface area (Å²) in [6, 6.07) is 11.7. The molecular formula is C17H11ClF2N2O2. The van der Waals surface area contributed by atoms with Gasteiger partial charge in [0.1, 0.15) is 22.3 Å². The highest BCUT2D eigenvalue weighted by Gasteiger charge is 2.25. The third-order valence-corrected chi connectivity index (χ3v) is 3.75. The summed E-state index contributed by atoms with van der Waals surface area (Å²) < 4.78 is 33.5. The quantitative estimate of drug-likeness (QED) is 0.664. The van der Waals surface area contributed by atoms with Crippen molar-refractivity contribution < 1.29 is 18.3 Å². The summed E-state index contributed by atoms with van der Waals surface area (Å²) in [7, 11) is 1.18. The first-order valence-corrected chi connectivity index (χ1v) is 7.28. The highest BCUT2D eigenvalue weighted by molar-refractivity contribution is 6.35. The fraction of sp³-hybridized carbons (Fsp3) is 0.0588. The maximum absolute atomic E-state index is 14.2. The molecule has 0 bridgehead atoms. The molecular weight excluding hydrogens is 338 g/mol. The van der Waals surface area contributed by atoms with Crippen molar-refractivity contribution in [2.24, 2.45) is 0 Å². The lowest BCUT2D eigenvalue weighted by Crippen LogP contribution is -2.06. The van der Waals surface area contributed by atoms with Gasteiger partial charge in [-0.15, -0.1) is 0 Å². The fourth-order valence-corrected chi connectivity index (χ4v) is 2.60. The first-order chi connectivity index (χ1) is 11.5. The van der Waals surface area contributed by atoms with Crippen LogP contribution in [0.4, 0.5) is 8.78 Å². The number of nitrogens with zero attached hydrogens (tertiary/aromatic N) is 2. The normalized spacial score (nSPS) is 10.7. The molecule has 122 valence electrons. The van der Waals surface area contributed by atoms with Crippen LogP contribution in [-0.2, 0) is 4.74 Å². The zero-order valence-electron chi connectivity index (χ0n) is 12.5. The molecule has 0 aliphatic rings. The molecule has 0 saturated heterocycles. The SMILES string of the molecule is COC(=O)c1nn(-c2cc(F)ccc2F)c(-c2ccccc2)c1Cl. The van der Waals surface area contributed by atoms with Crippen LogP contribution in [0.3, 0.4) is 0 Å². The summed E-state index contributed by atoms with van der Waals surface area (Å²) in [5.74, 6) is -2.12. The molecule has 0 aliphatic heterocycles. The maximum atomic E-state index is 14.2. The van der Waals surface area contributed by atoms with Crippen molar-refractivity contribution >= 4 is 17.6 Å². The van der Waals surface area contributed by atoms with Gasteiger partial charge in [-0.3, -0.25) is 0 Å². The first-order valence-electron chi connectivity index (χ1n) is 6.90. The molecule has 0 N–H and O–H groups in total.